The van der Waals surface area contributed by atoms with Gasteiger partial charge < -0.3 is 9.84 Å². The molecule has 3 rings (SSSR count). The number of amidine groups is 1. The first-order valence-corrected chi connectivity index (χ1v) is 7.32. The van der Waals surface area contributed by atoms with Crippen molar-refractivity contribution in [3.8, 4) is 6.07 Å². The zero-order chi connectivity index (χ0) is 17.6. The van der Waals surface area contributed by atoms with Crippen LogP contribution in [0.4, 0.5) is 18.9 Å². The van der Waals surface area contributed by atoms with E-state index in [1.165, 1.54) is 17.0 Å². The Morgan fingerprint density at radius 3 is 2.79 bits per heavy atom. The Labute approximate surface area is 140 Å². The fourth-order valence-corrected chi connectivity index (χ4v) is 2.83. The lowest BCUT2D eigenvalue weighted by Gasteiger charge is -2.14. The first-order valence-electron chi connectivity index (χ1n) is 6.95. The molecule has 2 aliphatic heterocycles. The predicted octanol–water partition coefficient (Wildman–Crippen LogP) is 3.94. The molecule has 5 nitrogen and oxygen atoms in total. The lowest BCUT2D eigenvalue weighted by atomic mass is 10.1. The summed E-state index contributed by atoms with van der Waals surface area (Å²) in [5.74, 6) is -0.350. The molecule has 1 fully saturated rings. The standard InChI is InChI=1S/C15H11ClF3N3O2/c1-7-9(3-2-8(6-20)11(7)16)21-14-22-5-4-10(23)12(22)13(24-14)15(17,18)19/h2-3,13,23H,4-5H2,1H3/t13-/m1/s1. The Balaban J connectivity index is 2.04. The quantitative estimate of drug-likeness (QED) is 0.826. The first-order chi connectivity index (χ1) is 11.2. The Bertz CT molecular complexity index is 811. The van der Waals surface area contributed by atoms with Crippen LogP contribution in [0.15, 0.2) is 28.6 Å². The molecular formula is C15H11ClF3N3O2. The average molecular weight is 358 g/mol. The molecule has 0 aromatic heterocycles. The van der Waals surface area contributed by atoms with Gasteiger partial charge in [-0.25, -0.2) is 0 Å². The van der Waals surface area contributed by atoms with E-state index in [1.807, 2.05) is 6.07 Å². The highest BCUT2D eigenvalue weighted by atomic mass is 35.5. The summed E-state index contributed by atoms with van der Waals surface area (Å²) in [6.45, 7) is 1.76. The van der Waals surface area contributed by atoms with Crippen molar-refractivity contribution in [2.24, 2.45) is 4.99 Å². The molecule has 0 spiro atoms. The van der Waals surface area contributed by atoms with Gasteiger partial charge in [0.1, 0.15) is 17.5 Å². The van der Waals surface area contributed by atoms with Crippen LogP contribution in [0.2, 0.25) is 5.02 Å². The van der Waals surface area contributed by atoms with Crippen LogP contribution < -0.4 is 0 Å². The molecule has 0 aliphatic carbocycles. The molecule has 126 valence electrons. The van der Waals surface area contributed by atoms with Crippen LogP contribution in [-0.2, 0) is 4.74 Å². The third kappa shape index (κ3) is 2.55. The number of hydrogen-bond donors (Lipinski definition) is 1. The predicted molar refractivity (Wildman–Crippen MR) is 79.9 cm³/mol. The largest absolute Gasteiger partial charge is 0.510 e. The molecule has 0 unspecified atom stereocenters. The van der Waals surface area contributed by atoms with E-state index in [1.54, 1.807) is 6.92 Å². The van der Waals surface area contributed by atoms with E-state index in [2.05, 4.69) is 4.99 Å². The van der Waals surface area contributed by atoms with Gasteiger partial charge in [0.05, 0.1) is 16.3 Å². The van der Waals surface area contributed by atoms with Gasteiger partial charge in [0.15, 0.2) is 0 Å². The Kier molecular flexibility index (Phi) is 3.84. The minimum absolute atomic E-state index is 0.0946. The number of rotatable bonds is 1. The van der Waals surface area contributed by atoms with E-state index in [0.29, 0.717) is 11.3 Å². The van der Waals surface area contributed by atoms with Crippen LogP contribution in [0.1, 0.15) is 17.5 Å². The van der Waals surface area contributed by atoms with Crippen molar-refractivity contribution in [1.82, 2.24) is 4.90 Å². The summed E-state index contributed by atoms with van der Waals surface area (Å²) >= 11 is 6.04. The molecule has 9 heteroatoms. The second-order valence-electron chi connectivity index (χ2n) is 5.35. The first kappa shape index (κ1) is 16.5. The van der Waals surface area contributed by atoms with Crippen molar-refractivity contribution in [3.05, 3.63) is 39.7 Å². The number of aliphatic imine (C=N–C) groups is 1. The molecule has 0 bridgehead atoms. The summed E-state index contributed by atoms with van der Waals surface area (Å²) in [4.78, 5) is 5.32. The second kappa shape index (κ2) is 5.60. The molecule has 24 heavy (non-hydrogen) atoms. The number of alkyl halides is 3. The van der Waals surface area contributed by atoms with E-state index in [0.717, 1.165) is 0 Å². The van der Waals surface area contributed by atoms with Crippen molar-refractivity contribution in [1.29, 1.82) is 5.26 Å². The lowest BCUT2D eigenvalue weighted by molar-refractivity contribution is -0.183. The summed E-state index contributed by atoms with van der Waals surface area (Å²) in [6.07, 6.45) is -6.81. The fourth-order valence-electron chi connectivity index (χ4n) is 2.63. The summed E-state index contributed by atoms with van der Waals surface area (Å²) in [6, 6.07) is 4.58. The zero-order valence-electron chi connectivity index (χ0n) is 12.4. The number of aliphatic hydroxyl groups is 1. The molecule has 2 aliphatic rings. The Morgan fingerprint density at radius 1 is 1.46 bits per heavy atom. The van der Waals surface area contributed by atoms with Gasteiger partial charge in [-0.1, -0.05) is 11.6 Å². The van der Waals surface area contributed by atoms with Crippen molar-refractivity contribution in [3.63, 3.8) is 0 Å². The summed E-state index contributed by atoms with van der Waals surface area (Å²) in [7, 11) is 0. The number of ether oxygens (including phenoxy) is 1. The van der Waals surface area contributed by atoms with Gasteiger partial charge in [-0.3, -0.25) is 4.90 Å². The van der Waals surface area contributed by atoms with Crippen LogP contribution in [0, 0.1) is 18.3 Å². The lowest BCUT2D eigenvalue weighted by Crippen LogP contribution is -2.30. The van der Waals surface area contributed by atoms with Crippen molar-refractivity contribution >= 4 is 23.3 Å². The van der Waals surface area contributed by atoms with Crippen LogP contribution in [0.25, 0.3) is 0 Å². The van der Waals surface area contributed by atoms with E-state index in [9.17, 15) is 18.3 Å². The van der Waals surface area contributed by atoms with Gasteiger partial charge in [0.2, 0.25) is 6.10 Å². The minimum Gasteiger partial charge on any atom is -0.510 e. The normalized spacial score (nSPS) is 21.9. The maximum Gasteiger partial charge on any atom is 0.431 e. The SMILES string of the molecule is Cc1c(N=C2O[C@@H](C(F)(F)F)C3=C(O)CCN23)ccc(C#N)c1Cl. The van der Waals surface area contributed by atoms with Gasteiger partial charge in [0, 0.05) is 13.0 Å². The smallest absolute Gasteiger partial charge is 0.431 e. The fraction of sp³-hybridized carbons (Fsp3) is 0.333. The maximum atomic E-state index is 13.1. The van der Waals surface area contributed by atoms with Gasteiger partial charge in [-0.05, 0) is 24.6 Å². The van der Waals surface area contributed by atoms with Crippen LogP contribution >= 0.6 is 11.6 Å². The number of aliphatic hydroxyl groups excluding tert-OH is 1. The Morgan fingerprint density at radius 2 is 2.17 bits per heavy atom. The third-order valence-corrected chi connectivity index (χ3v) is 4.34. The van der Waals surface area contributed by atoms with Crippen LogP contribution in [0.5, 0.6) is 0 Å². The molecule has 1 atom stereocenters. The van der Waals surface area contributed by atoms with Gasteiger partial charge in [0.25, 0.3) is 6.02 Å². The number of nitriles is 1. The molecular weight excluding hydrogens is 347 g/mol. The van der Waals surface area contributed by atoms with Crippen molar-refractivity contribution in [2.45, 2.75) is 25.6 Å². The molecule has 0 saturated carbocycles. The van der Waals surface area contributed by atoms with Gasteiger partial charge >= 0.3 is 6.18 Å². The second-order valence-corrected chi connectivity index (χ2v) is 5.73. The number of halogens is 4. The summed E-state index contributed by atoms with van der Waals surface area (Å²) < 4.78 is 44.3. The van der Waals surface area contributed by atoms with E-state index in [-0.39, 0.29) is 41.0 Å². The van der Waals surface area contributed by atoms with Crippen LogP contribution in [0.3, 0.4) is 0 Å². The minimum atomic E-state index is -4.67. The number of benzene rings is 1. The molecule has 1 N–H and O–H groups in total. The molecule has 0 radical (unpaired) electrons. The van der Waals surface area contributed by atoms with Crippen molar-refractivity contribution < 1.29 is 23.0 Å². The molecule has 0 amide bonds. The average Bonchev–Trinajstić information content (AvgIpc) is 3.06. The van der Waals surface area contributed by atoms with Crippen molar-refractivity contribution in [2.75, 3.05) is 6.54 Å². The molecule has 2 heterocycles. The number of fused-ring (bicyclic) bond motifs is 1. The maximum absolute atomic E-state index is 13.1. The monoisotopic (exact) mass is 357 g/mol. The van der Waals surface area contributed by atoms with Crippen LogP contribution in [-0.4, -0.2) is 34.9 Å². The number of nitrogens with zero attached hydrogens (tertiary/aromatic N) is 3. The topological polar surface area (TPSA) is 68.8 Å². The van der Waals surface area contributed by atoms with E-state index in [4.69, 9.17) is 21.6 Å². The van der Waals surface area contributed by atoms with E-state index >= 15 is 0 Å². The highest BCUT2D eigenvalue weighted by Gasteiger charge is 2.55. The molecule has 1 aromatic carbocycles. The third-order valence-electron chi connectivity index (χ3n) is 3.85. The van der Waals surface area contributed by atoms with E-state index < -0.39 is 12.3 Å². The summed E-state index contributed by atoms with van der Waals surface area (Å²) in [5, 5.41) is 18.8. The highest BCUT2D eigenvalue weighted by molar-refractivity contribution is 6.32. The Hall–Kier alpha value is -2.40. The zero-order valence-corrected chi connectivity index (χ0v) is 13.1. The molecule has 1 saturated heterocycles. The number of hydrogen-bond acceptors (Lipinski definition) is 4. The summed E-state index contributed by atoms with van der Waals surface area (Å²) in [5.41, 5.74) is 0.676. The highest BCUT2D eigenvalue weighted by Crippen LogP contribution is 2.41. The van der Waals surface area contributed by atoms with Gasteiger partial charge in [-0.15, -0.1) is 0 Å². The van der Waals surface area contributed by atoms with Gasteiger partial charge in [-0.2, -0.15) is 23.4 Å². The molecule has 1 aromatic rings.